The molecule has 1 heterocycles. The largest absolute Gasteiger partial charge is 0.325 e. The summed E-state index contributed by atoms with van der Waals surface area (Å²) in [6, 6.07) is 6.48. The van der Waals surface area contributed by atoms with Crippen molar-refractivity contribution >= 4 is 0 Å². The van der Waals surface area contributed by atoms with Gasteiger partial charge in [0.25, 0.3) is 0 Å². The third-order valence-corrected chi connectivity index (χ3v) is 3.32. The average Bonchev–Trinajstić information content (AvgIpc) is 2.77. The summed E-state index contributed by atoms with van der Waals surface area (Å²) in [6.07, 6.45) is 2.88. The van der Waals surface area contributed by atoms with Crippen molar-refractivity contribution in [2.75, 3.05) is 0 Å². The fourth-order valence-corrected chi connectivity index (χ4v) is 2.42. The zero-order valence-electron chi connectivity index (χ0n) is 12.9. The van der Waals surface area contributed by atoms with Gasteiger partial charge in [-0.1, -0.05) is 26.0 Å². The molecule has 2 aromatic rings. The predicted octanol–water partition coefficient (Wildman–Crippen LogP) is 2.58. The van der Waals surface area contributed by atoms with Crippen LogP contribution >= 0.6 is 0 Å². The molecule has 0 spiro atoms. The first-order chi connectivity index (χ1) is 9.85. The number of hydrogen-bond acceptors (Lipinski definition) is 3. The van der Waals surface area contributed by atoms with Crippen molar-refractivity contribution in [3.63, 3.8) is 0 Å². The van der Waals surface area contributed by atoms with Crippen molar-refractivity contribution < 1.29 is 4.39 Å². The van der Waals surface area contributed by atoms with E-state index in [1.54, 1.807) is 18.5 Å². The maximum Gasteiger partial charge on any atom is 0.138 e. The van der Waals surface area contributed by atoms with E-state index in [9.17, 15) is 4.39 Å². The van der Waals surface area contributed by atoms with E-state index in [2.05, 4.69) is 23.9 Å². The van der Waals surface area contributed by atoms with Gasteiger partial charge in [0.05, 0.1) is 0 Å². The summed E-state index contributed by atoms with van der Waals surface area (Å²) < 4.78 is 14.9. The first kappa shape index (κ1) is 15.6. The Morgan fingerprint density at radius 2 is 1.90 bits per heavy atom. The van der Waals surface area contributed by atoms with Gasteiger partial charge in [0.1, 0.15) is 18.0 Å². The van der Waals surface area contributed by atoms with Crippen LogP contribution in [0, 0.1) is 11.7 Å². The van der Waals surface area contributed by atoms with Gasteiger partial charge in [-0.2, -0.15) is 5.10 Å². The van der Waals surface area contributed by atoms with Crippen molar-refractivity contribution in [1.82, 2.24) is 14.8 Å². The fraction of sp³-hybridized carbons (Fsp3) is 0.500. The quantitative estimate of drug-likeness (QED) is 0.889. The van der Waals surface area contributed by atoms with Crippen LogP contribution in [0.5, 0.6) is 0 Å². The van der Waals surface area contributed by atoms with Gasteiger partial charge in [-0.15, -0.1) is 0 Å². The van der Waals surface area contributed by atoms with Gasteiger partial charge in [-0.25, -0.2) is 14.1 Å². The van der Waals surface area contributed by atoms with Crippen LogP contribution in [-0.4, -0.2) is 20.3 Å². The number of hydrogen-bond donors (Lipinski definition) is 1. The van der Waals surface area contributed by atoms with Gasteiger partial charge >= 0.3 is 0 Å². The van der Waals surface area contributed by atoms with Gasteiger partial charge in [0, 0.05) is 18.5 Å². The molecule has 114 valence electrons. The summed E-state index contributed by atoms with van der Waals surface area (Å²) in [6.45, 7) is 7.12. The average molecular weight is 290 g/mol. The highest BCUT2D eigenvalue weighted by molar-refractivity contribution is 5.19. The molecule has 21 heavy (non-hydrogen) atoms. The van der Waals surface area contributed by atoms with Crippen LogP contribution in [0.15, 0.2) is 30.6 Å². The second kappa shape index (κ2) is 6.35. The van der Waals surface area contributed by atoms with E-state index in [1.165, 1.54) is 12.1 Å². The molecule has 5 heteroatoms. The number of nitrogens with two attached hydrogens (primary N) is 1. The molecule has 0 aliphatic heterocycles. The Morgan fingerprint density at radius 3 is 2.52 bits per heavy atom. The molecule has 0 bridgehead atoms. The maximum absolute atomic E-state index is 12.9. The number of nitrogens with zero attached hydrogens (tertiary/aromatic N) is 3. The minimum atomic E-state index is -0.445. The molecule has 0 radical (unpaired) electrons. The molecular formula is C16H23FN4. The summed E-state index contributed by atoms with van der Waals surface area (Å²) in [4.78, 5) is 4.32. The molecule has 1 aromatic carbocycles. The zero-order chi connectivity index (χ0) is 15.5. The van der Waals surface area contributed by atoms with E-state index in [1.807, 2.05) is 11.6 Å². The third-order valence-electron chi connectivity index (χ3n) is 3.32. The standard InChI is InChI=1S/C16H23FN4/c1-12(2)10-21-15(19-11-20-21)9-16(3,18)8-13-4-6-14(17)7-5-13/h4-7,11-12H,8-10,18H2,1-3H3. The van der Waals surface area contributed by atoms with Gasteiger partial charge in [0.15, 0.2) is 0 Å². The molecule has 0 fully saturated rings. The first-order valence-electron chi connectivity index (χ1n) is 7.26. The molecule has 4 nitrogen and oxygen atoms in total. The van der Waals surface area contributed by atoms with Crippen molar-refractivity contribution in [3.05, 3.63) is 47.8 Å². The second-order valence-electron chi connectivity index (χ2n) is 6.39. The van der Waals surface area contributed by atoms with Crippen LogP contribution in [0.25, 0.3) is 0 Å². The normalized spacial score (nSPS) is 14.4. The summed E-state index contributed by atoms with van der Waals surface area (Å²) in [7, 11) is 0. The molecule has 2 N–H and O–H groups in total. The maximum atomic E-state index is 12.9. The van der Waals surface area contributed by atoms with Gasteiger partial charge in [-0.3, -0.25) is 0 Å². The Kier molecular flexibility index (Phi) is 4.73. The van der Waals surface area contributed by atoms with Gasteiger partial charge in [0.2, 0.25) is 0 Å². The topological polar surface area (TPSA) is 56.7 Å². The molecule has 0 aliphatic carbocycles. The zero-order valence-corrected chi connectivity index (χ0v) is 12.9. The van der Waals surface area contributed by atoms with E-state index >= 15 is 0 Å². The molecule has 1 unspecified atom stereocenters. The van der Waals surface area contributed by atoms with Crippen molar-refractivity contribution in [2.45, 2.75) is 45.7 Å². The summed E-state index contributed by atoms with van der Waals surface area (Å²) in [5.41, 5.74) is 6.98. The molecular weight excluding hydrogens is 267 g/mol. The minimum absolute atomic E-state index is 0.228. The van der Waals surface area contributed by atoms with E-state index in [0.29, 0.717) is 18.8 Å². The number of aromatic nitrogens is 3. The number of halogens is 1. The van der Waals surface area contributed by atoms with Crippen LogP contribution in [0.2, 0.25) is 0 Å². The number of rotatable bonds is 6. The lowest BCUT2D eigenvalue weighted by atomic mass is 9.90. The lowest BCUT2D eigenvalue weighted by Gasteiger charge is -2.24. The molecule has 0 saturated carbocycles. The lowest BCUT2D eigenvalue weighted by Crippen LogP contribution is -2.42. The smallest absolute Gasteiger partial charge is 0.138 e. The van der Waals surface area contributed by atoms with Gasteiger partial charge in [-0.05, 0) is 37.0 Å². The Balaban J connectivity index is 2.06. The first-order valence-corrected chi connectivity index (χ1v) is 7.26. The van der Waals surface area contributed by atoms with E-state index < -0.39 is 5.54 Å². The summed E-state index contributed by atoms with van der Waals surface area (Å²) >= 11 is 0. The van der Waals surface area contributed by atoms with Crippen LogP contribution in [0.4, 0.5) is 4.39 Å². The van der Waals surface area contributed by atoms with Crippen LogP contribution in [0.3, 0.4) is 0 Å². The van der Waals surface area contributed by atoms with E-state index in [0.717, 1.165) is 17.9 Å². The highest BCUT2D eigenvalue weighted by Gasteiger charge is 2.23. The molecule has 1 atom stereocenters. The molecule has 1 aromatic heterocycles. The van der Waals surface area contributed by atoms with E-state index in [4.69, 9.17) is 5.73 Å². The lowest BCUT2D eigenvalue weighted by molar-refractivity contribution is 0.411. The van der Waals surface area contributed by atoms with E-state index in [-0.39, 0.29) is 5.82 Å². The Hall–Kier alpha value is -1.75. The van der Waals surface area contributed by atoms with Gasteiger partial charge < -0.3 is 5.73 Å². The highest BCUT2D eigenvalue weighted by atomic mass is 19.1. The minimum Gasteiger partial charge on any atom is -0.325 e. The Bertz CT molecular complexity index is 572. The number of benzene rings is 1. The molecule has 0 saturated heterocycles. The Morgan fingerprint density at radius 1 is 1.24 bits per heavy atom. The monoisotopic (exact) mass is 290 g/mol. The van der Waals surface area contributed by atoms with Crippen LogP contribution < -0.4 is 5.73 Å². The second-order valence-corrected chi connectivity index (χ2v) is 6.39. The fourth-order valence-electron chi connectivity index (χ4n) is 2.42. The Labute approximate surface area is 125 Å². The van der Waals surface area contributed by atoms with Crippen LogP contribution in [0.1, 0.15) is 32.2 Å². The summed E-state index contributed by atoms with van der Waals surface area (Å²) in [5, 5.41) is 4.26. The third kappa shape index (κ3) is 4.63. The van der Waals surface area contributed by atoms with Crippen molar-refractivity contribution in [1.29, 1.82) is 0 Å². The molecule has 0 aliphatic rings. The van der Waals surface area contributed by atoms with Crippen LogP contribution in [-0.2, 0) is 19.4 Å². The predicted molar refractivity (Wildman–Crippen MR) is 81.3 cm³/mol. The highest BCUT2D eigenvalue weighted by Crippen LogP contribution is 2.16. The molecule has 0 amide bonds. The van der Waals surface area contributed by atoms with Crippen molar-refractivity contribution in [3.8, 4) is 0 Å². The SMILES string of the molecule is CC(C)Cn1ncnc1CC(C)(N)Cc1ccc(F)cc1. The molecule has 2 rings (SSSR count). The van der Waals surface area contributed by atoms with Crippen molar-refractivity contribution in [2.24, 2.45) is 11.7 Å². The summed E-state index contributed by atoms with van der Waals surface area (Å²) in [5.74, 6) is 1.18.